The van der Waals surface area contributed by atoms with E-state index in [0.29, 0.717) is 25.3 Å². The second-order valence-electron chi connectivity index (χ2n) is 4.16. The van der Waals surface area contributed by atoms with Crippen LogP contribution in [-0.4, -0.2) is 37.4 Å². The van der Waals surface area contributed by atoms with Gasteiger partial charge < -0.3 is 19.9 Å². The molecule has 0 fully saturated rings. The van der Waals surface area contributed by atoms with E-state index in [-0.39, 0.29) is 0 Å². The van der Waals surface area contributed by atoms with Crippen molar-refractivity contribution in [2.75, 3.05) is 20.3 Å². The summed E-state index contributed by atoms with van der Waals surface area (Å²) in [6, 6.07) is 6.69. The number of ether oxygens (including phenoxy) is 2. The molecule has 0 amide bonds. The van der Waals surface area contributed by atoms with Crippen LogP contribution >= 0.6 is 0 Å². The molecule has 5 heteroatoms. The highest BCUT2D eigenvalue weighted by molar-refractivity contribution is 5.73. The zero-order valence-electron chi connectivity index (χ0n) is 11.4. The molecule has 1 aromatic rings. The standard InChI is InChI=1S/C14H21NO4/c1-3-8-15-13(14(16)17)7-9-19-12-6-4-5-11(10-12)18-2/h4-6,10,13,15H,3,7-9H2,1-2H3,(H,16,17). The predicted octanol–water partition coefficient (Wildman–Crippen LogP) is 1.92. The Bertz CT molecular complexity index is 395. The van der Waals surface area contributed by atoms with Crippen molar-refractivity contribution < 1.29 is 19.4 Å². The van der Waals surface area contributed by atoms with Crippen molar-refractivity contribution in [3.05, 3.63) is 24.3 Å². The SMILES string of the molecule is CCCNC(CCOc1cccc(OC)c1)C(=O)O. The molecule has 0 bridgehead atoms. The number of aliphatic carboxylic acids is 1. The van der Waals surface area contributed by atoms with Crippen LogP contribution in [0.15, 0.2) is 24.3 Å². The number of hydrogen-bond donors (Lipinski definition) is 2. The van der Waals surface area contributed by atoms with Crippen LogP contribution in [0.2, 0.25) is 0 Å². The van der Waals surface area contributed by atoms with Gasteiger partial charge in [-0.05, 0) is 25.1 Å². The summed E-state index contributed by atoms with van der Waals surface area (Å²) in [7, 11) is 1.59. The summed E-state index contributed by atoms with van der Waals surface area (Å²) in [5, 5.41) is 12.0. The van der Waals surface area contributed by atoms with Crippen LogP contribution in [0, 0.1) is 0 Å². The van der Waals surface area contributed by atoms with Gasteiger partial charge in [0, 0.05) is 12.5 Å². The maximum atomic E-state index is 11.0. The Hall–Kier alpha value is -1.75. The Morgan fingerprint density at radius 1 is 1.42 bits per heavy atom. The number of benzene rings is 1. The van der Waals surface area contributed by atoms with E-state index in [2.05, 4.69) is 5.32 Å². The molecule has 1 aromatic carbocycles. The Morgan fingerprint density at radius 3 is 2.79 bits per heavy atom. The van der Waals surface area contributed by atoms with Gasteiger partial charge in [-0.15, -0.1) is 0 Å². The molecule has 106 valence electrons. The van der Waals surface area contributed by atoms with E-state index in [1.807, 2.05) is 25.1 Å². The van der Waals surface area contributed by atoms with E-state index in [1.165, 1.54) is 0 Å². The average Bonchev–Trinajstić information content (AvgIpc) is 2.42. The van der Waals surface area contributed by atoms with Crippen LogP contribution in [0.25, 0.3) is 0 Å². The molecule has 0 radical (unpaired) electrons. The monoisotopic (exact) mass is 267 g/mol. The maximum Gasteiger partial charge on any atom is 0.320 e. The molecular weight excluding hydrogens is 246 g/mol. The minimum absolute atomic E-state index is 0.348. The van der Waals surface area contributed by atoms with Crippen molar-refractivity contribution in [1.82, 2.24) is 5.32 Å². The number of nitrogens with one attached hydrogen (secondary N) is 1. The fourth-order valence-electron chi connectivity index (χ4n) is 1.62. The van der Waals surface area contributed by atoms with Crippen molar-refractivity contribution in [2.24, 2.45) is 0 Å². The van der Waals surface area contributed by atoms with Gasteiger partial charge in [0.05, 0.1) is 13.7 Å². The minimum atomic E-state index is -0.845. The van der Waals surface area contributed by atoms with Gasteiger partial charge in [0.25, 0.3) is 0 Å². The van der Waals surface area contributed by atoms with E-state index < -0.39 is 12.0 Å². The second-order valence-corrected chi connectivity index (χ2v) is 4.16. The molecule has 0 aliphatic heterocycles. The Labute approximate surface area is 113 Å². The highest BCUT2D eigenvalue weighted by Crippen LogP contribution is 2.18. The molecule has 19 heavy (non-hydrogen) atoms. The number of methoxy groups -OCH3 is 1. The molecule has 0 aliphatic carbocycles. The van der Waals surface area contributed by atoms with Crippen LogP contribution in [0.5, 0.6) is 11.5 Å². The number of hydrogen-bond acceptors (Lipinski definition) is 4. The molecule has 0 spiro atoms. The van der Waals surface area contributed by atoms with Crippen molar-refractivity contribution in [2.45, 2.75) is 25.8 Å². The van der Waals surface area contributed by atoms with Crippen LogP contribution in [0.1, 0.15) is 19.8 Å². The zero-order chi connectivity index (χ0) is 14.1. The first-order valence-corrected chi connectivity index (χ1v) is 6.40. The molecule has 0 saturated heterocycles. The van der Waals surface area contributed by atoms with E-state index in [0.717, 1.165) is 12.2 Å². The average molecular weight is 267 g/mol. The summed E-state index contributed by atoms with van der Waals surface area (Å²) < 4.78 is 10.6. The molecule has 5 nitrogen and oxygen atoms in total. The molecule has 0 heterocycles. The third kappa shape index (κ3) is 5.61. The summed E-state index contributed by atoms with van der Waals surface area (Å²) in [5.41, 5.74) is 0. The lowest BCUT2D eigenvalue weighted by molar-refractivity contribution is -0.139. The molecule has 0 aliphatic rings. The first-order valence-electron chi connectivity index (χ1n) is 6.40. The summed E-state index contributed by atoms with van der Waals surface area (Å²) in [4.78, 5) is 11.0. The first kappa shape index (κ1) is 15.3. The zero-order valence-corrected chi connectivity index (χ0v) is 11.4. The number of carboxylic acid groups (broad SMARTS) is 1. The predicted molar refractivity (Wildman–Crippen MR) is 72.8 cm³/mol. The summed E-state index contributed by atoms with van der Waals surface area (Å²) in [6.07, 6.45) is 1.33. The van der Waals surface area contributed by atoms with Gasteiger partial charge >= 0.3 is 5.97 Å². The normalized spacial score (nSPS) is 11.9. The lowest BCUT2D eigenvalue weighted by Gasteiger charge is -2.14. The topological polar surface area (TPSA) is 67.8 Å². The maximum absolute atomic E-state index is 11.0. The van der Waals surface area contributed by atoms with Gasteiger partial charge in [-0.2, -0.15) is 0 Å². The highest BCUT2D eigenvalue weighted by atomic mass is 16.5. The fourth-order valence-corrected chi connectivity index (χ4v) is 1.62. The molecule has 2 N–H and O–H groups in total. The molecule has 1 rings (SSSR count). The van der Waals surface area contributed by atoms with Gasteiger partial charge in [0.2, 0.25) is 0 Å². The van der Waals surface area contributed by atoms with Gasteiger partial charge in [-0.1, -0.05) is 13.0 Å². The molecule has 1 unspecified atom stereocenters. The lowest BCUT2D eigenvalue weighted by Crippen LogP contribution is -2.38. The molecular formula is C14H21NO4. The van der Waals surface area contributed by atoms with E-state index in [9.17, 15) is 4.79 Å². The van der Waals surface area contributed by atoms with Crippen LogP contribution < -0.4 is 14.8 Å². The number of carbonyl (C=O) groups is 1. The van der Waals surface area contributed by atoms with E-state index >= 15 is 0 Å². The third-order valence-electron chi connectivity index (χ3n) is 2.66. The van der Waals surface area contributed by atoms with Crippen molar-refractivity contribution >= 4 is 5.97 Å². The number of rotatable bonds is 9. The minimum Gasteiger partial charge on any atom is -0.497 e. The third-order valence-corrected chi connectivity index (χ3v) is 2.66. The second kappa shape index (κ2) is 8.37. The van der Waals surface area contributed by atoms with Crippen LogP contribution in [0.3, 0.4) is 0 Å². The first-order chi connectivity index (χ1) is 9.17. The van der Waals surface area contributed by atoms with Crippen LogP contribution in [-0.2, 0) is 4.79 Å². The van der Waals surface area contributed by atoms with Gasteiger partial charge in [0.15, 0.2) is 0 Å². The van der Waals surface area contributed by atoms with Crippen molar-refractivity contribution in [1.29, 1.82) is 0 Å². The van der Waals surface area contributed by atoms with Crippen molar-refractivity contribution in [3.8, 4) is 11.5 Å². The number of carboxylic acids is 1. The fraction of sp³-hybridized carbons (Fsp3) is 0.500. The summed E-state index contributed by atoms with van der Waals surface area (Å²) >= 11 is 0. The van der Waals surface area contributed by atoms with Crippen molar-refractivity contribution in [3.63, 3.8) is 0 Å². The quantitative estimate of drug-likeness (QED) is 0.715. The van der Waals surface area contributed by atoms with Crippen LogP contribution in [0.4, 0.5) is 0 Å². The smallest absolute Gasteiger partial charge is 0.320 e. The highest BCUT2D eigenvalue weighted by Gasteiger charge is 2.15. The van der Waals surface area contributed by atoms with E-state index in [4.69, 9.17) is 14.6 Å². The Kier molecular flexibility index (Phi) is 6.74. The summed E-state index contributed by atoms with van der Waals surface area (Å²) in [5.74, 6) is 0.554. The van der Waals surface area contributed by atoms with Gasteiger partial charge in [-0.3, -0.25) is 4.79 Å². The Balaban J connectivity index is 2.40. The summed E-state index contributed by atoms with van der Waals surface area (Å²) in [6.45, 7) is 3.04. The molecule has 1 atom stereocenters. The molecule has 0 aromatic heterocycles. The Morgan fingerprint density at radius 2 is 2.16 bits per heavy atom. The van der Waals surface area contributed by atoms with Gasteiger partial charge in [-0.25, -0.2) is 0 Å². The largest absolute Gasteiger partial charge is 0.497 e. The molecule has 0 saturated carbocycles. The van der Waals surface area contributed by atoms with E-state index in [1.54, 1.807) is 13.2 Å². The van der Waals surface area contributed by atoms with Gasteiger partial charge in [0.1, 0.15) is 17.5 Å². The lowest BCUT2D eigenvalue weighted by atomic mass is 10.2.